The third-order valence-corrected chi connectivity index (χ3v) is 8.31. The molecule has 2 aromatic carbocycles. The molecule has 0 N–H and O–H groups in total. The van der Waals surface area contributed by atoms with Crippen molar-refractivity contribution in [1.29, 1.82) is 5.26 Å². The summed E-state index contributed by atoms with van der Waals surface area (Å²) in [7, 11) is -2.03. The molecule has 1 saturated heterocycles. The Kier molecular flexibility index (Phi) is 7.33. The second kappa shape index (κ2) is 9.84. The van der Waals surface area contributed by atoms with Gasteiger partial charge in [0.15, 0.2) is 9.84 Å². The number of piperidine rings is 1. The first-order valence-corrected chi connectivity index (χ1v) is 12.6. The lowest BCUT2D eigenvalue weighted by molar-refractivity contribution is 0.143. The van der Waals surface area contributed by atoms with Crippen molar-refractivity contribution < 1.29 is 17.9 Å². The van der Waals surface area contributed by atoms with Crippen LogP contribution in [0.15, 0.2) is 41.3 Å². The molecule has 0 bridgehead atoms. The Labute approximate surface area is 196 Å². The monoisotopic (exact) mass is 469 g/mol. The molecule has 1 aliphatic rings. The van der Waals surface area contributed by atoms with Crippen LogP contribution in [0.5, 0.6) is 11.5 Å². The molecule has 1 heterocycles. The van der Waals surface area contributed by atoms with E-state index < -0.39 is 15.1 Å². The van der Waals surface area contributed by atoms with Gasteiger partial charge in [-0.25, -0.2) is 13.2 Å². The van der Waals surface area contributed by atoms with Gasteiger partial charge in [0.25, 0.3) is 0 Å². The molecule has 3 rings (SSSR count). The molecule has 0 saturated carbocycles. The Morgan fingerprint density at radius 3 is 2.27 bits per heavy atom. The van der Waals surface area contributed by atoms with Crippen LogP contribution in [-0.2, 0) is 9.84 Å². The first-order chi connectivity index (χ1) is 15.5. The van der Waals surface area contributed by atoms with Crippen LogP contribution in [0, 0.1) is 25.2 Å². The summed E-state index contributed by atoms with van der Waals surface area (Å²) in [6, 6.07) is 12.2. The number of likely N-dealkylation sites (tertiary alicyclic amines) is 1. The summed E-state index contributed by atoms with van der Waals surface area (Å²) >= 11 is 0. The molecule has 1 aliphatic heterocycles. The number of hydrogen-bond donors (Lipinski definition) is 0. The number of benzene rings is 2. The Morgan fingerprint density at radius 2 is 1.73 bits per heavy atom. The van der Waals surface area contributed by atoms with E-state index in [1.54, 1.807) is 29.0 Å². The molecule has 33 heavy (non-hydrogen) atoms. The Bertz CT molecular complexity index is 1160. The number of nitrogens with zero attached hydrogens (tertiary/aromatic N) is 3. The van der Waals surface area contributed by atoms with Gasteiger partial charge in [-0.15, -0.1) is 0 Å². The molecule has 0 radical (unpaired) electrons. The number of aryl methyl sites for hydroxylation is 2. The van der Waals surface area contributed by atoms with Gasteiger partial charge in [-0.3, -0.25) is 0 Å². The van der Waals surface area contributed by atoms with Crippen LogP contribution in [-0.4, -0.2) is 55.7 Å². The number of amides is 2. The van der Waals surface area contributed by atoms with Crippen molar-refractivity contribution in [1.82, 2.24) is 9.80 Å². The minimum absolute atomic E-state index is 0.0183. The zero-order chi connectivity index (χ0) is 24.3. The highest BCUT2D eigenvalue weighted by Gasteiger charge is 2.35. The van der Waals surface area contributed by atoms with E-state index in [-0.39, 0.29) is 28.3 Å². The molecule has 176 valence electrons. The van der Waals surface area contributed by atoms with Crippen molar-refractivity contribution in [2.45, 2.75) is 56.7 Å². The van der Waals surface area contributed by atoms with Crippen molar-refractivity contribution in [3.8, 4) is 17.6 Å². The average Bonchev–Trinajstić information content (AvgIpc) is 2.77. The lowest BCUT2D eigenvalue weighted by Crippen LogP contribution is -2.49. The third-order valence-electron chi connectivity index (χ3n) is 6.03. The van der Waals surface area contributed by atoms with Gasteiger partial charge in [0.1, 0.15) is 16.4 Å². The normalized spacial score (nSPS) is 14.8. The fraction of sp³-hybridized carbons (Fsp3) is 0.440. The van der Waals surface area contributed by atoms with Gasteiger partial charge in [0, 0.05) is 26.2 Å². The summed E-state index contributed by atoms with van der Waals surface area (Å²) in [5.41, 5.74) is 2.27. The van der Waals surface area contributed by atoms with Crippen LogP contribution in [0.4, 0.5) is 4.79 Å². The number of nitriles is 1. The van der Waals surface area contributed by atoms with Crippen LogP contribution in [0.25, 0.3) is 0 Å². The summed E-state index contributed by atoms with van der Waals surface area (Å²) in [5.74, 6) is 0.753. The molecule has 1 fully saturated rings. The lowest BCUT2D eigenvalue weighted by atomic mass is 10.1. The highest BCUT2D eigenvalue weighted by Crippen LogP contribution is 2.35. The molecule has 0 atom stereocenters. The van der Waals surface area contributed by atoms with Crippen molar-refractivity contribution in [2.24, 2.45) is 0 Å². The van der Waals surface area contributed by atoms with E-state index in [0.717, 1.165) is 11.1 Å². The summed E-state index contributed by atoms with van der Waals surface area (Å²) < 4.78 is 33.2. The summed E-state index contributed by atoms with van der Waals surface area (Å²) in [4.78, 5) is 16.0. The second-order valence-corrected chi connectivity index (χ2v) is 11.1. The number of sulfone groups is 1. The highest BCUT2D eigenvalue weighted by molar-refractivity contribution is 7.92. The number of ether oxygens (including phenoxy) is 1. The van der Waals surface area contributed by atoms with Crippen LogP contribution >= 0.6 is 0 Å². The smallest absolute Gasteiger partial charge is 0.319 e. The molecule has 0 spiro atoms. The second-order valence-electron chi connectivity index (χ2n) is 8.92. The van der Waals surface area contributed by atoms with Crippen molar-refractivity contribution in [2.75, 3.05) is 20.1 Å². The zero-order valence-corrected chi connectivity index (χ0v) is 20.6. The number of carbonyl (C=O) groups is 1. The largest absolute Gasteiger partial charge is 0.456 e. The highest BCUT2D eigenvalue weighted by atomic mass is 32.2. The standard InChI is InChI=1S/C25H31N3O4S/c1-17(2)27(5)25(29)28-10-8-22(9-11-28)33(30,31)24-15-20(16-26)6-7-23(24)32-21-13-18(3)12-19(4)14-21/h6-7,12-15,17,22H,8-11H2,1-5H3. The predicted octanol–water partition coefficient (Wildman–Crippen LogP) is 4.67. The molecule has 2 aromatic rings. The van der Waals surface area contributed by atoms with E-state index in [0.29, 0.717) is 31.7 Å². The Balaban J connectivity index is 1.87. The maximum atomic E-state index is 13.6. The quantitative estimate of drug-likeness (QED) is 0.635. The van der Waals surface area contributed by atoms with Crippen molar-refractivity contribution in [3.63, 3.8) is 0 Å². The number of carbonyl (C=O) groups excluding carboxylic acids is 1. The van der Waals surface area contributed by atoms with Crippen LogP contribution in [0.1, 0.15) is 43.4 Å². The molecule has 0 aliphatic carbocycles. The molecule has 7 nitrogen and oxygen atoms in total. The van der Waals surface area contributed by atoms with Crippen LogP contribution in [0.2, 0.25) is 0 Å². The maximum absolute atomic E-state index is 13.6. The van der Waals surface area contributed by atoms with Crippen LogP contribution in [0.3, 0.4) is 0 Å². The van der Waals surface area contributed by atoms with E-state index in [4.69, 9.17) is 4.74 Å². The van der Waals surface area contributed by atoms with Crippen molar-refractivity contribution in [3.05, 3.63) is 53.1 Å². The van der Waals surface area contributed by atoms with Gasteiger partial charge in [-0.05, 0) is 82.0 Å². The fourth-order valence-electron chi connectivity index (χ4n) is 3.98. The molecule has 0 aromatic heterocycles. The lowest BCUT2D eigenvalue weighted by Gasteiger charge is -2.35. The Hall–Kier alpha value is -3.05. The topological polar surface area (TPSA) is 90.7 Å². The van der Waals surface area contributed by atoms with E-state index in [9.17, 15) is 18.5 Å². The fourth-order valence-corrected chi connectivity index (χ4v) is 5.86. The van der Waals surface area contributed by atoms with E-state index in [2.05, 4.69) is 0 Å². The van der Waals surface area contributed by atoms with Gasteiger partial charge >= 0.3 is 6.03 Å². The third kappa shape index (κ3) is 5.48. The van der Waals surface area contributed by atoms with Gasteiger partial charge in [-0.1, -0.05) is 6.07 Å². The first kappa shape index (κ1) is 24.6. The maximum Gasteiger partial charge on any atom is 0.319 e. The summed E-state index contributed by atoms with van der Waals surface area (Å²) in [5, 5.41) is 8.70. The zero-order valence-electron chi connectivity index (χ0n) is 19.8. The molecule has 0 unspecified atom stereocenters. The average molecular weight is 470 g/mol. The predicted molar refractivity (Wildman–Crippen MR) is 127 cm³/mol. The van der Waals surface area contributed by atoms with Gasteiger partial charge in [0.2, 0.25) is 0 Å². The summed E-state index contributed by atoms with van der Waals surface area (Å²) in [6.07, 6.45) is 0.666. The molecule has 2 amide bonds. The van der Waals surface area contributed by atoms with Crippen LogP contribution < -0.4 is 4.74 Å². The minimum atomic E-state index is -3.78. The van der Waals surface area contributed by atoms with E-state index in [1.165, 1.54) is 6.07 Å². The van der Waals surface area contributed by atoms with Gasteiger partial charge < -0.3 is 14.5 Å². The number of rotatable bonds is 5. The number of hydrogen-bond acceptors (Lipinski definition) is 5. The summed E-state index contributed by atoms with van der Waals surface area (Å²) in [6.45, 7) is 8.50. The number of urea groups is 1. The molecular formula is C25H31N3O4S. The van der Waals surface area contributed by atoms with E-state index >= 15 is 0 Å². The Morgan fingerprint density at radius 1 is 1.12 bits per heavy atom. The SMILES string of the molecule is Cc1cc(C)cc(Oc2ccc(C#N)cc2S(=O)(=O)C2CCN(C(=O)N(C)C(C)C)CC2)c1. The molecule has 8 heteroatoms. The van der Waals surface area contributed by atoms with Gasteiger partial charge in [0.05, 0.1) is 16.9 Å². The minimum Gasteiger partial charge on any atom is -0.456 e. The van der Waals surface area contributed by atoms with Crippen molar-refractivity contribution >= 4 is 15.9 Å². The van der Waals surface area contributed by atoms with Gasteiger partial charge in [-0.2, -0.15) is 5.26 Å². The molecular weight excluding hydrogens is 438 g/mol. The van der Waals surface area contributed by atoms with E-state index in [1.807, 2.05) is 52.0 Å². The first-order valence-electron chi connectivity index (χ1n) is 11.1.